The van der Waals surface area contributed by atoms with Gasteiger partial charge in [-0.3, -0.25) is 4.79 Å². The van der Waals surface area contributed by atoms with E-state index in [1.165, 1.54) is 18.2 Å². The van der Waals surface area contributed by atoms with E-state index in [-0.39, 0.29) is 17.7 Å². The number of piperidine rings is 1. The number of ether oxygens (including phenoxy) is 1. The third kappa shape index (κ3) is 5.47. The number of benzene rings is 1. The Labute approximate surface area is 135 Å². The zero-order valence-electron chi connectivity index (χ0n) is 13.2. The highest BCUT2D eigenvalue weighted by Gasteiger charge is 2.29. The van der Waals surface area contributed by atoms with E-state index in [0.29, 0.717) is 25.9 Å². The van der Waals surface area contributed by atoms with Crippen molar-refractivity contribution < 1.29 is 22.3 Å². The van der Waals surface area contributed by atoms with Crippen LogP contribution in [0, 0.1) is 5.82 Å². The van der Waals surface area contributed by atoms with Gasteiger partial charge in [0, 0.05) is 25.2 Å². The molecule has 1 saturated heterocycles. The van der Waals surface area contributed by atoms with Gasteiger partial charge in [-0.25, -0.2) is 17.5 Å². The number of nitrogens with one attached hydrogen (secondary N) is 1. The van der Waals surface area contributed by atoms with E-state index in [2.05, 4.69) is 4.72 Å². The van der Waals surface area contributed by atoms with Crippen molar-refractivity contribution in [3.8, 4) is 5.75 Å². The summed E-state index contributed by atoms with van der Waals surface area (Å²) in [6.45, 7) is 2.46. The Morgan fingerprint density at radius 2 is 2.22 bits per heavy atom. The molecule has 128 valence electrons. The molecule has 2 rings (SSSR count). The van der Waals surface area contributed by atoms with Gasteiger partial charge in [-0.1, -0.05) is 6.07 Å². The highest BCUT2D eigenvalue weighted by Crippen LogP contribution is 2.17. The van der Waals surface area contributed by atoms with Crippen LogP contribution >= 0.6 is 0 Å². The smallest absolute Gasteiger partial charge is 0.263 e. The molecule has 0 saturated carbocycles. The number of amides is 1. The predicted octanol–water partition coefficient (Wildman–Crippen LogP) is 1.13. The largest absolute Gasteiger partial charge is 0.481 e. The Morgan fingerprint density at radius 3 is 2.87 bits per heavy atom. The van der Waals surface area contributed by atoms with Gasteiger partial charge in [0.15, 0.2) is 6.10 Å². The molecule has 23 heavy (non-hydrogen) atoms. The second kappa shape index (κ2) is 7.27. The van der Waals surface area contributed by atoms with Crippen molar-refractivity contribution >= 4 is 15.9 Å². The number of hydrogen-bond donors (Lipinski definition) is 1. The molecule has 0 unspecified atom stereocenters. The molecule has 1 N–H and O–H groups in total. The SMILES string of the molecule is C[C@H](Oc1cccc(F)c1)C(=O)N1CCC[C@@H](NS(C)(=O)=O)C1. The maximum Gasteiger partial charge on any atom is 0.263 e. The lowest BCUT2D eigenvalue weighted by Crippen LogP contribution is -2.52. The molecule has 6 nitrogen and oxygen atoms in total. The second-order valence-electron chi connectivity index (χ2n) is 5.73. The molecule has 0 bridgehead atoms. The predicted molar refractivity (Wildman–Crippen MR) is 84.1 cm³/mol. The molecular formula is C15H21FN2O4S. The van der Waals surface area contributed by atoms with Crippen molar-refractivity contribution in [3.05, 3.63) is 30.1 Å². The van der Waals surface area contributed by atoms with Gasteiger partial charge in [0.1, 0.15) is 11.6 Å². The summed E-state index contributed by atoms with van der Waals surface area (Å²) in [6.07, 6.45) is 1.74. The Bertz CT molecular complexity index is 665. The number of hydrogen-bond acceptors (Lipinski definition) is 4. The summed E-state index contributed by atoms with van der Waals surface area (Å²) in [5, 5.41) is 0. The number of halogens is 1. The monoisotopic (exact) mass is 344 g/mol. The molecule has 1 fully saturated rings. The molecule has 1 aliphatic rings. The van der Waals surface area contributed by atoms with Crippen molar-refractivity contribution in [2.75, 3.05) is 19.3 Å². The van der Waals surface area contributed by atoms with E-state index >= 15 is 0 Å². The molecule has 0 aliphatic carbocycles. The first-order chi connectivity index (χ1) is 10.7. The zero-order chi connectivity index (χ0) is 17.0. The van der Waals surface area contributed by atoms with Gasteiger partial charge in [-0.05, 0) is 31.9 Å². The molecule has 1 amide bonds. The molecule has 8 heteroatoms. The van der Waals surface area contributed by atoms with Crippen molar-refractivity contribution in [3.63, 3.8) is 0 Å². The fraction of sp³-hybridized carbons (Fsp3) is 0.533. The van der Waals surface area contributed by atoms with Crippen molar-refractivity contribution in [2.24, 2.45) is 0 Å². The van der Waals surface area contributed by atoms with Gasteiger partial charge in [-0.2, -0.15) is 0 Å². The van der Waals surface area contributed by atoms with Crippen molar-refractivity contribution in [1.82, 2.24) is 9.62 Å². The minimum atomic E-state index is -3.31. The Hall–Kier alpha value is -1.67. The number of nitrogens with zero attached hydrogens (tertiary/aromatic N) is 1. The summed E-state index contributed by atoms with van der Waals surface area (Å²) in [7, 11) is -3.31. The number of carbonyl (C=O) groups is 1. The minimum absolute atomic E-state index is 0.241. The lowest BCUT2D eigenvalue weighted by atomic mass is 10.1. The first kappa shape index (κ1) is 17.7. The van der Waals surface area contributed by atoms with E-state index in [9.17, 15) is 17.6 Å². The lowest BCUT2D eigenvalue weighted by molar-refractivity contribution is -0.139. The fourth-order valence-corrected chi connectivity index (χ4v) is 3.43. The number of sulfonamides is 1. The van der Waals surface area contributed by atoms with Crippen LogP contribution in [-0.2, 0) is 14.8 Å². The summed E-state index contributed by atoms with van der Waals surface area (Å²) in [5.41, 5.74) is 0. The minimum Gasteiger partial charge on any atom is -0.481 e. The average Bonchev–Trinajstić information content (AvgIpc) is 2.45. The van der Waals surface area contributed by atoms with Crippen LogP contribution < -0.4 is 9.46 Å². The fourth-order valence-electron chi connectivity index (χ4n) is 2.63. The maximum atomic E-state index is 13.1. The van der Waals surface area contributed by atoms with Gasteiger partial charge >= 0.3 is 0 Å². The number of carbonyl (C=O) groups excluding carboxylic acids is 1. The van der Waals surface area contributed by atoms with E-state index in [4.69, 9.17) is 4.74 Å². The first-order valence-corrected chi connectivity index (χ1v) is 9.32. The van der Waals surface area contributed by atoms with E-state index in [1.807, 2.05) is 0 Å². The van der Waals surface area contributed by atoms with Crippen LogP contribution in [0.1, 0.15) is 19.8 Å². The van der Waals surface area contributed by atoms with Crippen molar-refractivity contribution in [1.29, 1.82) is 0 Å². The summed E-state index contributed by atoms with van der Waals surface area (Å²) >= 11 is 0. The van der Waals surface area contributed by atoms with Gasteiger partial charge in [0.05, 0.1) is 6.26 Å². The molecule has 0 aromatic heterocycles. The van der Waals surface area contributed by atoms with Crippen LogP contribution in [0.3, 0.4) is 0 Å². The first-order valence-electron chi connectivity index (χ1n) is 7.43. The van der Waals surface area contributed by atoms with Crippen LogP contribution in [0.2, 0.25) is 0 Å². The molecule has 1 aromatic carbocycles. The van der Waals surface area contributed by atoms with Crippen molar-refractivity contribution in [2.45, 2.75) is 31.9 Å². The zero-order valence-corrected chi connectivity index (χ0v) is 14.0. The summed E-state index contributed by atoms with van der Waals surface area (Å²) in [5.74, 6) is -0.388. The number of rotatable bonds is 5. The molecule has 0 radical (unpaired) electrons. The quantitative estimate of drug-likeness (QED) is 0.869. The molecule has 1 aliphatic heterocycles. The van der Waals surface area contributed by atoms with Crippen LogP contribution in [0.4, 0.5) is 4.39 Å². The maximum absolute atomic E-state index is 13.1. The highest BCUT2D eigenvalue weighted by atomic mass is 32.2. The topological polar surface area (TPSA) is 75.7 Å². The van der Waals surface area contributed by atoms with Gasteiger partial charge in [0.2, 0.25) is 10.0 Å². The van der Waals surface area contributed by atoms with Gasteiger partial charge < -0.3 is 9.64 Å². The van der Waals surface area contributed by atoms with E-state index in [0.717, 1.165) is 6.26 Å². The third-order valence-electron chi connectivity index (χ3n) is 3.57. The summed E-state index contributed by atoms with van der Waals surface area (Å²) in [4.78, 5) is 14.0. The Kier molecular flexibility index (Phi) is 5.59. The van der Waals surface area contributed by atoms with Crippen LogP contribution in [0.25, 0.3) is 0 Å². The van der Waals surface area contributed by atoms with Gasteiger partial charge in [0.25, 0.3) is 5.91 Å². The van der Waals surface area contributed by atoms with E-state index in [1.54, 1.807) is 17.9 Å². The van der Waals surface area contributed by atoms with Crippen LogP contribution in [0.5, 0.6) is 5.75 Å². The normalized spacial score (nSPS) is 20.1. The van der Waals surface area contributed by atoms with Gasteiger partial charge in [-0.15, -0.1) is 0 Å². The molecule has 2 atom stereocenters. The Balaban J connectivity index is 1.96. The Morgan fingerprint density at radius 1 is 1.48 bits per heavy atom. The van der Waals surface area contributed by atoms with Crippen LogP contribution in [0.15, 0.2) is 24.3 Å². The standard InChI is InChI=1S/C15H21FN2O4S/c1-11(22-14-7-3-5-12(16)9-14)15(19)18-8-4-6-13(10-18)17-23(2,20)21/h3,5,7,9,11,13,17H,4,6,8,10H2,1-2H3/t11-,13+/m0/s1. The van der Waals surface area contributed by atoms with E-state index < -0.39 is 21.9 Å². The molecule has 1 heterocycles. The summed E-state index contributed by atoms with van der Waals surface area (Å²) < 4.78 is 43.8. The van der Waals surface area contributed by atoms with Crippen LogP contribution in [-0.4, -0.2) is 50.7 Å². The third-order valence-corrected chi connectivity index (χ3v) is 4.33. The average molecular weight is 344 g/mol. The highest BCUT2D eigenvalue weighted by molar-refractivity contribution is 7.88. The summed E-state index contributed by atoms with van der Waals surface area (Å²) in [6, 6.07) is 5.31. The molecule has 0 spiro atoms. The molecule has 1 aromatic rings. The number of likely N-dealkylation sites (tertiary alicyclic amines) is 1. The second-order valence-corrected chi connectivity index (χ2v) is 7.51. The molecular weight excluding hydrogens is 323 g/mol. The lowest BCUT2D eigenvalue weighted by Gasteiger charge is -2.34.